The van der Waals surface area contributed by atoms with Gasteiger partial charge in [0, 0.05) is 17.9 Å². The molecular formula is C18H22N2O. The van der Waals surface area contributed by atoms with Crippen LogP contribution in [0.25, 0.3) is 0 Å². The predicted molar refractivity (Wildman–Crippen MR) is 81.0 cm³/mol. The van der Waals surface area contributed by atoms with Gasteiger partial charge in [-0.2, -0.15) is 0 Å². The Morgan fingerprint density at radius 2 is 2.05 bits per heavy atom. The second-order valence-corrected chi connectivity index (χ2v) is 7.50. The molecule has 4 aliphatic rings. The van der Waals surface area contributed by atoms with Crippen molar-refractivity contribution >= 4 is 5.91 Å². The lowest BCUT2D eigenvalue weighted by atomic mass is 9.91. The van der Waals surface area contributed by atoms with Gasteiger partial charge in [-0.1, -0.05) is 24.3 Å². The molecule has 0 bridgehead atoms. The van der Waals surface area contributed by atoms with E-state index in [1.54, 1.807) is 0 Å². The van der Waals surface area contributed by atoms with Crippen LogP contribution in [0.15, 0.2) is 24.3 Å². The number of piperidine rings is 1. The summed E-state index contributed by atoms with van der Waals surface area (Å²) in [4.78, 5) is 12.5. The van der Waals surface area contributed by atoms with Crippen LogP contribution >= 0.6 is 0 Å². The number of rotatable bonds is 2. The van der Waals surface area contributed by atoms with Gasteiger partial charge in [0.1, 0.15) is 0 Å². The maximum Gasteiger partial charge on any atom is 0.223 e. The van der Waals surface area contributed by atoms with E-state index in [0.29, 0.717) is 35.1 Å². The standard InChI is InChI=1S/C18H22N2O/c21-17(14-10-18(14)5-7-19-8-6-18)20-16-13-9-11-3-1-2-4-12(11)15(13)16/h1-4,13-16,19H,5-10H2,(H,20,21). The quantitative estimate of drug-likeness (QED) is 0.869. The molecule has 2 saturated carbocycles. The third-order valence-corrected chi connectivity index (χ3v) is 6.45. The number of hydrogen-bond donors (Lipinski definition) is 2. The highest BCUT2D eigenvalue weighted by atomic mass is 16.2. The Labute approximate surface area is 125 Å². The molecule has 3 aliphatic carbocycles. The van der Waals surface area contributed by atoms with Crippen LogP contribution in [0.5, 0.6) is 0 Å². The summed E-state index contributed by atoms with van der Waals surface area (Å²) in [7, 11) is 0. The first-order chi connectivity index (χ1) is 10.3. The molecule has 3 nitrogen and oxygen atoms in total. The summed E-state index contributed by atoms with van der Waals surface area (Å²) in [6.45, 7) is 2.18. The number of nitrogens with one attached hydrogen (secondary N) is 2. The monoisotopic (exact) mass is 282 g/mol. The van der Waals surface area contributed by atoms with Crippen molar-refractivity contribution in [1.29, 1.82) is 0 Å². The van der Waals surface area contributed by atoms with Gasteiger partial charge in [-0.15, -0.1) is 0 Å². The van der Waals surface area contributed by atoms with Gasteiger partial charge in [-0.05, 0) is 61.2 Å². The predicted octanol–water partition coefficient (Wildman–Crippen LogP) is 1.83. The van der Waals surface area contributed by atoms with Crippen molar-refractivity contribution in [2.75, 3.05) is 13.1 Å². The van der Waals surface area contributed by atoms with Crippen LogP contribution < -0.4 is 10.6 Å². The fraction of sp³-hybridized carbons (Fsp3) is 0.611. The first-order valence-corrected chi connectivity index (χ1v) is 8.37. The Balaban J connectivity index is 1.24. The molecule has 1 spiro atoms. The van der Waals surface area contributed by atoms with Crippen LogP contribution in [0, 0.1) is 17.3 Å². The van der Waals surface area contributed by atoms with Gasteiger partial charge < -0.3 is 10.6 Å². The second kappa shape index (κ2) is 4.10. The molecule has 1 aliphatic heterocycles. The Bertz CT molecular complexity index is 605. The summed E-state index contributed by atoms with van der Waals surface area (Å²) in [5.74, 6) is 1.92. The molecule has 1 heterocycles. The van der Waals surface area contributed by atoms with Gasteiger partial charge in [0.15, 0.2) is 0 Å². The molecule has 1 aromatic carbocycles. The van der Waals surface area contributed by atoms with Crippen molar-refractivity contribution in [3.8, 4) is 0 Å². The highest BCUT2D eigenvalue weighted by Gasteiger charge is 2.61. The first-order valence-electron chi connectivity index (χ1n) is 8.37. The molecule has 3 fully saturated rings. The van der Waals surface area contributed by atoms with Gasteiger partial charge in [-0.25, -0.2) is 0 Å². The van der Waals surface area contributed by atoms with Gasteiger partial charge >= 0.3 is 0 Å². The molecule has 1 aromatic rings. The number of carbonyl (C=O) groups is 1. The van der Waals surface area contributed by atoms with Crippen LogP contribution in [-0.4, -0.2) is 25.0 Å². The van der Waals surface area contributed by atoms with Crippen LogP contribution in [0.3, 0.4) is 0 Å². The van der Waals surface area contributed by atoms with E-state index >= 15 is 0 Å². The van der Waals surface area contributed by atoms with Crippen molar-refractivity contribution in [3.63, 3.8) is 0 Å². The van der Waals surface area contributed by atoms with Gasteiger partial charge in [0.05, 0.1) is 0 Å². The molecule has 1 amide bonds. The second-order valence-electron chi connectivity index (χ2n) is 7.50. The molecule has 4 unspecified atom stereocenters. The van der Waals surface area contributed by atoms with Crippen molar-refractivity contribution in [3.05, 3.63) is 35.4 Å². The number of carbonyl (C=O) groups excluding carboxylic acids is 1. The number of benzene rings is 1. The van der Waals surface area contributed by atoms with Gasteiger partial charge in [-0.3, -0.25) is 4.79 Å². The van der Waals surface area contributed by atoms with E-state index in [4.69, 9.17) is 0 Å². The molecule has 0 radical (unpaired) electrons. The van der Waals surface area contributed by atoms with Crippen LogP contribution in [0.1, 0.15) is 36.3 Å². The van der Waals surface area contributed by atoms with E-state index in [1.807, 2.05) is 0 Å². The fourth-order valence-electron chi connectivity index (χ4n) is 5.01. The summed E-state index contributed by atoms with van der Waals surface area (Å²) in [5, 5.41) is 6.78. The van der Waals surface area contributed by atoms with Crippen molar-refractivity contribution in [2.45, 2.75) is 37.6 Å². The zero-order valence-electron chi connectivity index (χ0n) is 12.3. The summed E-state index contributed by atoms with van der Waals surface area (Å²) in [6.07, 6.45) is 4.65. The molecule has 0 aromatic heterocycles. The minimum absolute atomic E-state index is 0.302. The summed E-state index contributed by atoms with van der Waals surface area (Å²) in [5.41, 5.74) is 3.34. The third kappa shape index (κ3) is 1.73. The van der Waals surface area contributed by atoms with Crippen molar-refractivity contribution in [1.82, 2.24) is 10.6 Å². The lowest BCUT2D eigenvalue weighted by Crippen LogP contribution is -2.35. The minimum Gasteiger partial charge on any atom is -0.352 e. The van der Waals surface area contributed by atoms with E-state index < -0.39 is 0 Å². The lowest BCUT2D eigenvalue weighted by Gasteiger charge is -2.23. The number of fused-ring (bicyclic) bond motifs is 3. The number of amides is 1. The Morgan fingerprint density at radius 3 is 2.90 bits per heavy atom. The first kappa shape index (κ1) is 12.2. The minimum atomic E-state index is 0.302. The Kier molecular flexibility index (Phi) is 2.38. The van der Waals surface area contributed by atoms with E-state index in [0.717, 1.165) is 25.9 Å². The molecule has 1 saturated heterocycles. The smallest absolute Gasteiger partial charge is 0.223 e. The van der Waals surface area contributed by atoms with Crippen LogP contribution in [0.2, 0.25) is 0 Å². The zero-order chi connectivity index (χ0) is 14.0. The molecule has 21 heavy (non-hydrogen) atoms. The fourth-order valence-corrected chi connectivity index (χ4v) is 5.01. The summed E-state index contributed by atoms with van der Waals surface area (Å²) < 4.78 is 0. The third-order valence-electron chi connectivity index (χ3n) is 6.45. The summed E-state index contributed by atoms with van der Waals surface area (Å²) >= 11 is 0. The average Bonchev–Trinajstić information content (AvgIpc) is 3.33. The topological polar surface area (TPSA) is 41.1 Å². The Morgan fingerprint density at radius 1 is 1.24 bits per heavy atom. The highest BCUT2D eigenvalue weighted by Crippen LogP contribution is 2.60. The van der Waals surface area contributed by atoms with E-state index in [-0.39, 0.29) is 0 Å². The maximum atomic E-state index is 12.5. The molecule has 2 N–H and O–H groups in total. The van der Waals surface area contributed by atoms with Crippen LogP contribution in [0.4, 0.5) is 0 Å². The molecule has 5 rings (SSSR count). The average molecular weight is 282 g/mol. The van der Waals surface area contributed by atoms with Crippen molar-refractivity contribution < 1.29 is 4.79 Å². The maximum absolute atomic E-state index is 12.5. The van der Waals surface area contributed by atoms with E-state index in [1.165, 1.54) is 24.0 Å². The molecular weight excluding hydrogens is 260 g/mol. The zero-order valence-corrected chi connectivity index (χ0v) is 12.3. The molecule has 3 heteroatoms. The van der Waals surface area contributed by atoms with Gasteiger partial charge in [0.25, 0.3) is 0 Å². The summed E-state index contributed by atoms with van der Waals surface area (Å²) in [6, 6.07) is 9.17. The van der Waals surface area contributed by atoms with Crippen molar-refractivity contribution in [2.24, 2.45) is 17.3 Å². The molecule has 110 valence electrons. The highest BCUT2D eigenvalue weighted by molar-refractivity contribution is 5.83. The Hall–Kier alpha value is -1.35. The largest absolute Gasteiger partial charge is 0.352 e. The van der Waals surface area contributed by atoms with Gasteiger partial charge in [0.2, 0.25) is 5.91 Å². The normalized spacial score (nSPS) is 37.7. The SMILES string of the molecule is O=C(NC1C2Cc3ccccc3C21)C1CC12CCNCC2. The lowest BCUT2D eigenvalue weighted by molar-refractivity contribution is -0.123. The van der Waals surface area contributed by atoms with Crippen LogP contribution in [-0.2, 0) is 11.2 Å². The number of hydrogen-bond acceptors (Lipinski definition) is 2. The van der Waals surface area contributed by atoms with E-state index in [2.05, 4.69) is 34.9 Å². The molecule has 4 atom stereocenters. The van der Waals surface area contributed by atoms with E-state index in [9.17, 15) is 4.79 Å².